The minimum absolute atomic E-state index is 0.108. The minimum atomic E-state index is -0.184. The van der Waals surface area contributed by atoms with Crippen LogP contribution in [0.2, 0.25) is 5.02 Å². The first-order chi connectivity index (χ1) is 12.0. The van der Waals surface area contributed by atoms with Crippen molar-refractivity contribution in [3.8, 4) is 0 Å². The maximum atomic E-state index is 13.1. The normalized spacial score (nSPS) is 12.5. The summed E-state index contributed by atoms with van der Waals surface area (Å²) in [5.74, 6) is 0.125. The molecule has 5 heteroatoms. The van der Waals surface area contributed by atoms with Crippen LogP contribution in [0.15, 0.2) is 48.5 Å². The van der Waals surface area contributed by atoms with Gasteiger partial charge in [-0.25, -0.2) is 4.98 Å². The first-order valence-corrected chi connectivity index (χ1v) is 9.50. The zero-order valence-corrected chi connectivity index (χ0v) is 16.1. The van der Waals surface area contributed by atoms with Crippen molar-refractivity contribution in [2.45, 2.75) is 26.3 Å². The van der Waals surface area contributed by atoms with E-state index in [9.17, 15) is 4.79 Å². The molecule has 0 fully saturated rings. The largest absolute Gasteiger partial charge is 0.338 e. The van der Waals surface area contributed by atoms with Crippen molar-refractivity contribution >= 4 is 39.1 Å². The van der Waals surface area contributed by atoms with Gasteiger partial charge in [-0.2, -0.15) is 0 Å². The highest BCUT2D eigenvalue weighted by Crippen LogP contribution is 2.29. The molecule has 1 heterocycles. The van der Waals surface area contributed by atoms with Gasteiger partial charge in [0.25, 0.3) is 0 Å². The second-order valence-corrected chi connectivity index (χ2v) is 8.09. The van der Waals surface area contributed by atoms with Crippen molar-refractivity contribution in [2.75, 3.05) is 7.05 Å². The molecule has 0 radical (unpaired) electrons. The van der Waals surface area contributed by atoms with E-state index in [0.717, 1.165) is 20.8 Å². The lowest BCUT2D eigenvalue weighted by Gasteiger charge is -2.26. The molecule has 1 amide bonds. The van der Waals surface area contributed by atoms with Gasteiger partial charge in [0.05, 0.1) is 22.7 Å². The number of likely N-dealkylation sites (N-methyl/N-ethyl adjacent to an activating group) is 1. The highest BCUT2D eigenvalue weighted by Gasteiger charge is 2.27. The first-order valence-electron chi connectivity index (χ1n) is 8.30. The van der Waals surface area contributed by atoms with Crippen LogP contribution in [0, 0.1) is 5.92 Å². The number of amides is 1. The third-order valence-electron chi connectivity index (χ3n) is 4.25. The fourth-order valence-electron chi connectivity index (χ4n) is 2.99. The SMILES string of the molecule is CC(C)[C@@H](C(=O)N(C)Cc1nc2ccccc2s1)c1ccc(Cl)cc1. The average Bonchev–Trinajstić information content (AvgIpc) is 2.98. The van der Waals surface area contributed by atoms with Gasteiger partial charge < -0.3 is 4.90 Å². The van der Waals surface area contributed by atoms with Gasteiger partial charge >= 0.3 is 0 Å². The molecule has 3 aromatic rings. The molecule has 3 rings (SSSR count). The monoisotopic (exact) mass is 372 g/mol. The van der Waals surface area contributed by atoms with E-state index >= 15 is 0 Å². The minimum Gasteiger partial charge on any atom is -0.338 e. The molecule has 130 valence electrons. The van der Waals surface area contributed by atoms with Gasteiger partial charge in [-0.3, -0.25) is 4.79 Å². The molecule has 3 nitrogen and oxygen atoms in total. The molecule has 0 saturated carbocycles. The Hall–Kier alpha value is -1.91. The van der Waals surface area contributed by atoms with Crippen LogP contribution in [0.3, 0.4) is 0 Å². The number of nitrogens with zero attached hydrogens (tertiary/aromatic N) is 2. The maximum Gasteiger partial charge on any atom is 0.230 e. The molecule has 0 spiro atoms. The molecule has 0 saturated heterocycles. The summed E-state index contributed by atoms with van der Waals surface area (Å²) in [5.41, 5.74) is 1.99. The van der Waals surface area contributed by atoms with Gasteiger partial charge in [0.2, 0.25) is 5.91 Å². The Bertz CT molecular complexity index is 840. The molecule has 0 aliphatic heterocycles. The Morgan fingerprint density at radius 2 is 1.84 bits per heavy atom. The Kier molecular flexibility index (Phi) is 5.40. The lowest BCUT2D eigenvalue weighted by Crippen LogP contribution is -2.33. The molecule has 2 aromatic carbocycles. The van der Waals surface area contributed by atoms with Crippen molar-refractivity contribution < 1.29 is 4.79 Å². The number of benzene rings is 2. The van der Waals surface area contributed by atoms with E-state index in [1.165, 1.54) is 0 Å². The van der Waals surface area contributed by atoms with E-state index in [4.69, 9.17) is 11.6 Å². The molecule has 0 aliphatic rings. The van der Waals surface area contributed by atoms with Crippen molar-refractivity contribution in [3.05, 3.63) is 64.1 Å². The topological polar surface area (TPSA) is 33.2 Å². The molecular weight excluding hydrogens is 352 g/mol. The Morgan fingerprint density at radius 1 is 1.16 bits per heavy atom. The van der Waals surface area contributed by atoms with Gasteiger partial charge in [-0.1, -0.05) is 49.7 Å². The molecular formula is C20H21ClN2OS. The van der Waals surface area contributed by atoms with Crippen molar-refractivity contribution in [1.29, 1.82) is 0 Å². The van der Waals surface area contributed by atoms with Crippen LogP contribution in [0.5, 0.6) is 0 Å². The quantitative estimate of drug-likeness (QED) is 0.605. The summed E-state index contributed by atoms with van der Waals surface area (Å²) in [7, 11) is 1.85. The van der Waals surface area contributed by atoms with E-state index in [0.29, 0.717) is 11.6 Å². The number of halogens is 1. The highest BCUT2D eigenvalue weighted by molar-refractivity contribution is 7.18. The van der Waals surface area contributed by atoms with Crippen LogP contribution >= 0.6 is 22.9 Å². The average molecular weight is 373 g/mol. The summed E-state index contributed by atoms with van der Waals surface area (Å²) in [5, 5.41) is 1.64. The van der Waals surface area contributed by atoms with Crippen molar-refractivity contribution in [2.24, 2.45) is 5.92 Å². The fourth-order valence-corrected chi connectivity index (χ4v) is 4.14. The number of rotatable bonds is 5. The number of hydrogen-bond donors (Lipinski definition) is 0. The third kappa shape index (κ3) is 4.02. The molecule has 0 aliphatic carbocycles. The van der Waals surface area contributed by atoms with Gasteiger partial charge in [-0.05, 0) is 35.7 Å². The van der Waals surface area contributed by atoms with E-state index in [-0.39, 0.29) is 17.7 Å². The lowest BCUT2D eigenvalue weighted by molar-refractivity contribution is -0.133. The summed E-state index contributed by atoms with van der Waals surface area (Å²) in [6, 6.07) is 15.6. The zero-order valence-electron chi connectivity index (χ0n) is 14.6. The summed E-state index contributed by atoms with van der Waals surface area (Å²) in [6.07, 6.45) is 0. The predicted molar refractivity (Wildman–Crippen MR) is 105 cm³/mol. The van der Waals surface area contributed by atoms with Crippen LogP contribution in [0.25, 0.3) is 10.2 Å². The number of fused-ring (bicyclic) bond motifs is 1. The van der Waals surface area contributed by atoms with Gasteiger partial charge in [0.15, 0.2) is 0 Å². The summed E-state index contributed by atoms with van der Waals surface area (Å²) < 4.78 is 1.15. The molecule has 0 unspecified atom stereocenters. The van der Waals surface area contributed by atoms with Crippen LogP contribution < -0.4 is 0 Å². The Morgan fingerprint density at radius 3 is 2.48 bits per heavy atom. The molecule has 1 aromatic heterocycles. The molecule has 1 atom stereocenters. The van der Waals surface area contributed by atoms with Gasteiger partial charge in [-0.15, -0.1) is 11.3 Å². The standard InChI is InChI=1S/C20H21ClN2OS/c1-13(2)19(14-8-10-15(21)11-9-14)20(24)23(3)12-18-22-16-6-4-5-7-17(16)25-18/h4-11,13,19H,12H2,1-3H3/t19-/m1/s1. The highest BCUT2D eigenvalue weighted by atomic mass is 35.5. The predicted octanol–water partition coefficient (Wildman–Crippen LogP) is 5.35. The summed E-state index contributed by atoms with van der Waals surface area (Å²) in [6.45, 7) is 4.67. The molecule has 0 bridgehead atoms. The second kappa shape index (κ2) is 7.54. The van der Waals surface area contributed by atoms with E-state index < -0.39 is 0 Å². The summed E-state index contributed by atoms with van der Waals surface area (Å²) in [4.78, 5) is 19.5. The molecule has 25 heavy (non-hydrogen) atoms. The van der Waals surface area contributed by atoms with Crippen LogP contribution in [0.4, 0.5) is 0 Å². The van der Waals surface area contributed by atoms with Crippen molar-refractivity contribution in [3.63, 3.8) is 0 Å². The van der Waals surface area contributed by atoms with Crippen molar-refractivity contribution in [1.82, 2.24) is 9.88 Å². The molecule has 0 N–H and O–H groups in total. The van der Waals surface area contributed by atoms with E-state index in [1.54, 1.807) is 16.2 Å². The Balaban J connectivity index is 1.80. The van der Waals surface area contributed by atoms with Crippen LogP contribution in [-0.4, -0.2) is 22.8 Å². The smallest absolute Gasteiger partial charge is 0.230 e. The Labute approximate surface area is 157 Å². The first kappa shape index (κ1) is 17.9. The van der Waals surface area contributed by atoms with Crippen LogP contribution in [0.1, 0.15) is 30.3 Å². The summed E-state index contributed by atoms with van der Waals surface area (Å²) >= 11 is 7.62. The number of carbonyl (C=O) groups is 1. The van der Waals surface area contributed by atoms with E-state index in [2.05, 4.69) is 24.9 Å². The number of aromatic nitrogens is 1. The maximum absolute atomic E-state index is 13.1. The lowest BCUT2D eigenvalue weighted by atomic mass is 9.87. The fraction of sp³-hybridized carbons (Fsp3) is 0.300. The van der Waals surface area contributed by atoms with Gasteiger partial charge in [0, 0.05) is 12.1 Å². The van der Waals surface area contributed by atoms with Gasteiger partial charge in [0.1, 0.15) is 5.01 Å². The number of para-hydroxylation sites is 1. The number of carbonyl (C=O) groups excluding carboxylic acids is 1. The third-order valence-corrected chi connectivity index (χ3v) is 5.52. The zero-order chi connectivity index (χ0) is 18.0. The number of thiazole rings is 1. The van der Waals surface area contributed by atoms with Crippen LogP contribution in [-0.2, 0) is 11.3 Å². The van der Waals surface area contributed by atoms with E-state index in [1.807, 2.05) is 49.5 Å². The number of hydrogen-bond acceptors (Lipinski definition) is 3. The second-order valence-electron chi connectivity index (χ2n) is 6.54.